The number of rotatable bonds is 5. The molecule has 2 amide bonds. The topological polar surface area (TPSA) is 162 Å². The number of nitrogens with zero attached hydrogens (tertiary/aromatic N) is 7. The summed E-state index contributed by atoms with van der Waals surface area (Å²) in [5.41, 5.74) is 3.67. The Labute approximate surface area is 192 Å². The molecular weight excluding hydrogens is 446 g/mol. The third-order valence-corrected chi connectivity index (χ3v) is 4.36. The number of nitrogens with one attached hydrogen (secondary N) is 4. The van der Waals surface area contributed by atoms with Gasteiger partial charge in [-0.2, -0.15) is 20.0 Å². The van der Waals surface area contributed by atoms with E-state index >= 15 is 0 Å². The molecule has 0 bridgehead atoms. The van der Waals surface area contributed by atoms with Crippen LogP contribution in [0.15, 0.2) is 54.0 Å². The molecule has 1 fully saturated rings. The fourth-order valence-corrected chi connectivity index (χ4v) is 2.91. The molecule has 3 aromatic rings. The van der Waals surface area contributed by atoms with Crippen LogP contribution in [0.4, 0.5) is 23.5 Å². The molecule has 0 unspecified atom stereocenters. The molecule has 0 radical (unpaired) electrons. The van der Waals surface area contributed by atoms with Crippen LogP contribution in [0, 0.1) is 0 Å². The highest BCUT2D eigenvalue weighted by molar-refractivity contribution is 7.80. The SMILES string of the molecule is CNc1nc(NC(=S)/N=C2\CC(=O)N(C(=O)c3cccnc3)N2)nc(Nc2ccncc2)n1. The van der Waals surface area contributed by atoms with Gasteiger partial charge in [-0.25, -0.2) is 4.99 Å². The predicted octanol–water partition coefficient (Wildman–Crippen LogP) is 1.12. The second-order valence-electron chi connectivity index (χ2n) is 6.47. The lowest BCUT2D eigenvalue weighted by atomic mass is 10.2. The van der Waals surface area contributed by atoms with Crippen molar-refractivity contribution in [1.29, 1.82) is 0 Å². The zero-order valence-corrected chi connectivity index (χ0v) is 18.0. The van der Waals surface area contributed by atoms with E-state index in [1.807, 2.05) is 0 Å². The highest BCUT2D eigenvalue weighted by atomic mass is 32.1. The summed E-state index contributed by atoms with van der Waals surface area (Å²) < 4.78 is 0. The van der Waals surface area contributed by atoms with Crippen LogP contribution in [-0.4, -0.2) is 59.7 Å². The van der Waals surface area contributed by atoms with Crippen LogP contribution < -0.4 is 21.4 Å². The number of aliphatic imine (C=N–C) groups is 1. The number of carbonyl (C=O) groups excluding carboxylic acids is 2. The molecule has 4 heterocycles. The molecule has 33 heavy (non-hydrogen) atoms. The summed E-state index contributed by atoms with van der Waals surface area (Å²) >= 11 is 5.25. The number of thiocarbonyl (C=S) groups is 1. The number of hydrazine groups is 1. The van der Waals surface area contributed by atoms with Gasteiger partial charge in [0.2, 0.25) is 23.0 Å². The molecular formula is C19H17N11O2S. The van der Waals surface area contributed by atoms with Crippen molar-refractivity contribution in [3.63, 3.8) is 0 Å². The molecule has 13 nitrogen and oxygen atoms in total. The van der Waals surface area contributed by atoms with Crippen molar-refractivity contribution in [3.8, 4) is 0 Å². The molecule has 0 atom stereocenters. The maximum atomic E-state index is 12.5. The first kappa shape index (κ1) is 21.6. The fourth-order valence-electron chi connectivity index (χ4n) is 2.71. The van der Waals surface area contributed by atoms with Gasteiger partial charge in [0.15, 0.2) is 0 Å². The Hall–Kier alpha value is -4.59. The van der Waals surface area contributed by atoms with Crippen LogP contribution in [0.25, 0.3) is 0 Å². The molecule has 3 aromatic heterocycles. The highest BCUT2D eigenvalue weighted by Gasteiger charge is 2.32. The molecule has 0 aromatic carbocycles. The van der Waals surface area contributed by atoms with Gasteiger partial charge in [0, 0.05) is 37.5 Å². The Balaban J connectivity index is 1.45. The average molecular weight is 463 g/mol. The largest absolute Gasteiger partial charge is 0.357 e. The van der Waals surface area contributed by atoms with E-state index in [1.54, 1.807) is 43.7 Å². The van der Waals surface area contributed by atoms with Crippen molar-refractivity contribution < 1.29 is 9.59 Å². The maximum absolute atomic E-state index is 12.5. The number of amidine groups is 1. The second kappa shape index (κ2) is 9.69. The quantitative estimate of drug-likeness (QED) is 0.315. The van der Waals surface area contributed by atoms with Crippen molar-refractivity contribution in [2.45, 2.75) is 6.42 Å². The number of hydrogen-bond acceptors (Lipinski definition) is 10. The molecule has 1 aliphatic heterocycles. The number of anilines is 4. The Morgan fingerprint density at radius 2 is 1.85 bits per heavy atom. The Bertz CT molecular complexity index is 1220. The minimum atomic E-state index is -0.542. The zero-order chi connectivity index (χ0) is 23.2. The van der Waals surface area contributed by atoms with Gasteiger partial charge in [-0.05, 0) is 36.5 Å². The molecule has 0 aliphatic carbocycles. The number of hydrogen-bond donors (Lipinski definition) is 4. The first-order valence-corrected chi connectivity index (χ1v) is 9.96. The van der Waals surface area contributed by atoms with Gasteiger partial charge in [-0.3, -0.25) is 30.3 Å². The van der Waals surface area contributed by atoms with Gasteiger partial charge in [0.05, 0.1) is 12.0 Å². The van der Waals surface area contributed by atoms with E-state index in [2.05, 4.69) is 51.3 Å². The Morgan fingerprint density at radius 1 is 1.09 bits per heavy atom. The third kappa shape index (κ3) is 5.37. The van der Waals surface area contributed by atoms with E-state index in [-0.39, 0.29) is 34.8 Å². The van der Waals surface area contributed by atoms with Crippen molar-refractivity contribution >= 4 is 58.5 Å². The number of imide groups is 1. The van der Waals surface area contributed by atoms with E-state index < -0.39 is 11.8 Å². The van der Waals surface area contributed by atoms with E-state index in [4.69, 9.17) is 12.2 Å². The summed E-state index contributed by atoms with van der Waals surface area (Å²) in [6.45, 7) is 0. The van der Waals surface area contributed by atoms with Gasteiger partial charge in [0.1, 0.15) is 5.84 Å². The molecule has 1 saturated heterocycles. The minimum absolute atomic E-state index is 0.0101. The van der Waals surface area contributed by atoms with Crippen LogP contribution in [-0.2, 0) is 4.79 Å². The molecule has 166 valence electrons. The summed E-state index contributed by atoms with van der Waals surface area (Å²) in [7, 11) is 1.66. The van der Waals surface area contributed by atoms with E-state index in [1.165, 1.54) is 12.4 Å². The van der Waals surface area contributed by atoms with Crippen LogP contribution >= 0.6 is 12.2 Å². The summed E-state index contributed by atoms with van der Waals surface area (Å²) in [6, 6.07) is 6.68. The number of amides is 2. The standard InChI is InChI=1S/C19H17N11O2S/c1-20-16-25-17(23-12-4-7-21-8-5-12)27-18(26-16)28-19(33)24-13-9-14(31)30(29-13)15(32)11-3-2-6-22-10-11/h2-8,10H,9H2,1H3,(H4,20,21,23,24,25,26,27,28,29,33). The molecule has 4 rings (SSSR count). The summed E-state index contributed by atoms with van der Waals surface area (Å²) in [5, 5.41) is 9.52. The first-order valence-electron chi connectivity index (χ1n) is 9.55. The molecule has 0 spiro atoms. The third-order valence-electron chi connectivity index (χ3n) is 4.17. The molecule has 4 N–H and O–H groups in total. The van der Waals surface area contributed by atoms with E-state index in [9.17, 15) is 9.59 Å². The number of carbonyl (C=O) groups is 2. The Kier molecular flexibility index (Phi) is 6.36. The zero-order valence-electron chi connectivity index (χ0n) is 17.2. The Morgan fingerprint density at radius 3 is 2.58 bits per heavy atom. The lowest BCUT2D eigenvalue weighted by Gasteiger charge is -2.13. The van der Waals surface area contributed by atoms with Gasteiger partial charge < -0.3 is 10.6 Å². The molecule has 0 saturated carbocycles. The average Bonchev–Trinajstić information content (AvgIpc) is 3.19. The normalized spacial score (nSPS) is 14.0. The van der Waals surface area contributed by atoms with Crippen molar-refractivity contribution in [1.82, 2.24) is 35.4 Å². The van der Waals surface area contributed by atoms with E-state index in [0.29, 0.717) is 5.95 Å². The predicted molar refractivity (Wildman–Crippen MR) is 124 cm³/mol. The van der Waals surface area contributed by atoms with Crippen LogP contribution in [0.3, 0.4) is 0 Å². The lowest BCUT2D eigenvalue weighted by Crippen LogP contribution is -2.41. The minimum Gasteiger partial charge on any atom is -0.357 e. The maximum Gasteiger partial charge on any atom is 0.281 e. The summed E-state index contributed by atoms with van der Waals surface area (Å²) in [5.74, 6) is -0.115. The summed E-state index contributed by atoms with van der Waals surface area (Å²) in [6.07, 6.45) is 6.04. The van der Waals surface area contributed by atoms with E-state index in [0.717, 1.165) is 10.7 Å². The summed E-state index contributed by atoms with van der Waals surface area (Å²) in [4.78, 5) is 49.5. The molecule has 1 aliphatic rings. The van der Waals surface area contributed by atoms with Crippen molar-refractivity contribution in [2.24, 2.45) is 4.99 Å². The van der Waals surface area contributed by atoms with Crippen LogP contribution in [0.2, 0.25) is 0 Å². The van der Waals surface area contributed by atoms with Crippen LogP contribution in [0.5, 0.6) is 0 Å². The van der Waals surface area contributed by atoms with Crippen LogP contribution in [0.1, 0.15) is 16.8 Å². The first-order chi connectivity index (χ1) is 16.0. The van der Waals surface area contributed by atoms with Gasteiger partial charge in [-0.1, -0.05) is 0 Å². The second-order valence-corrected chi connectivity index (χ2v) is 6.86. The monoisotopic (exact) mass is 463 g/mol. The van der Waals surface area contributed by atoms with Crippen molar-refractivity contribution in [3.05, 3.63) is 54.6 Å². The smallest absolute Gasteiger partial charge is 0.281 e. The van der Waals surface area contributed by atoms with Crippen molar-refractivity contribution in [2.75, 3.05) is 23.0 Å². The van der Waals surface area contributed by atoms with Gasteiger partial charge in [0.25, 0.3) is 11.8 Å². The fraction of sp³-hybridized carbons (Fsp3) is 0.105. The lowest BCUT2D eigenvalue weighted by molar-refractivity contribution is -0.126. The number of aromatic nitrogens is 5. The highest BCUT2D eigenvalue weighted by Crippen LogP contribution is 2.15. The molecule has 14 heteroatoms. The number of pyridine rings is 2. The van der Waals surface area contributed by atoms with Gasteiger partial charge in [-0.15, -0.1) is 0 Å². The van der Waals surface area contributed by atoms with Gasteiger partial charge >= 0.3 is 0 Å².